The van der Waals surface area contributed by atoms with Crippen LogP contribution < -0.4 is 4.74 Å². The fourth-order valence-corrected chi connectivity index (χ4v) is 4.17. The van der Waals surface area contributed by atoms with Gasteiger partial charge >= 0.3 is 23.9 Å². The number of ether oxygens (including phenoxy) is 6. The van der Waals surface area contributed by atoms with Crippen molar-refractivity contribution in [3.8, 4) is 11.9 Å². The Labute approximate surface area is 241 Å². The van der Waals surface area contributed by atoms with E-state index in [0.717, 1.165) is 27.7 Å². The molecule has 1 aromatic heterocycles. The number of esters is 4. The first-order chi connectivity index (χ1) is 19.9. The molecule has 1 aliphatic heterocycles. The number of carbonyl (C=O) groups excluding carboxylic acids is 4. The molecule has 42 heavy (non-hydrogen) atoms. The molecule has 1 aliphatic rings. The Hall–Kier alpha value is -4.90. The molecule has 222 valence electrons. The first-order valence-electron chi connectivity index (χ1n) is 12.8. The van der Waals surface area contributed by atoms with Gasteiger partial charge in [0, 0.05) is 33.3 Å². The molecule has 0 N–H and O–H groups in total. The van der Waals surface area contributed by atoms with Crippen molar-refractivity contribution >= 4 is 35.3 Å². The third-order valence-corrected chi connectivity index (χ3v) is 5.87. The van der Waals surface area contributed by atoms with E-state index in [1.165, 1.54) is 0 Å². The average molecular weight is 583 g/mol. The lowest BCUT2D eigenvalue weighted by atomic mass is 9.98. The molecular formula is C28H30N4O10. The Morgan fingerprint density at radius 3 is 2.05 bits per heavy atom. The van der Waals surface area contributed by atoms with Crippen LogP contribution in [0.1, 0.15) is 44.5 Å². The predicted octanol–water partition coefficient (Wildman–Crippen LogP) is 3.45. The van der Waals surface area contributed by atoms with Crippen molar-refractivity contribution in [3.63, 3.8) is 0 Å². The molecule has 0 unspecified atom stereocenters. The highest BCUT2D eigenvalue weighted by molar-refractivity contribution is 5.69. The average Bonchev–Trinajstić information content (AvgIpc) is 2.90. The van der Waals surface area contributed by atoms with Crippen LogP contribution in [-0.4, -0.2) is 66.2 Å². The minimum Gasteiger partial charge on any atom is -0.463 e. The molecule has 5 atom stereocenters. The van der Waals surface area contributed by atoms with Crippen LogP contribution in [0.2, 0.25) is 0 Å². The number of benzene rings is 1. The largest absolute Gasteiger partial charge is 0.463 e. The van der Waals surface area contributed by atoms with Crippen LogP contribution in [0.4, 0.5) is 11.4 Å². The molecule has 2 heterocycles. The Kier molecular flexibility index (Phi) is 10.6. The lowest BCUT2D eigenvalue weighted by Gasteiger charge is -2.43. The van der Waals surface area contributed by atoms with Gasteiger partial charge in [0.25, 0.3) is 0 Å². The number of rotatable bonds is 9. The molecule has 0 saturated carbocycles. The second kappa shape index (κ2) is 14.1. The first-order valence-corrected chi connectivity index (χ1v) is 12.8. The summed E-state index contributed by atoms with van der Waals surface area (Å²) in [4.78, 5) is 52.0. The monoisotopic (exact) mass is 582 g/mol. The fourth-order valence-electron chi connectivity index (χ4n) is 4.17. The number of aromatic nitrogens is 1. The van der Waals surface area contributed by atoms with Gasteiger partial charge in [-0.2, -0.15) is 10.4 Å². The summed E-state index contributed by atoms with van der Waals surface area (Å²) < 4.78 is 33.2. The van der Waals surface area contributed by atoms with Gasteiger partial charge in [0.1, 0.15) is 30.0 Å². The van der Waals surface area contributed by atoms with E-state index in [-0.39, 0.29) is 11.4 Å². The van der Waals surface area contributed by atoms with Gasteiger partial charge in [0.2, 0.25) is 18.3 Å². The summed E-state index contributed by atoms with van der Waals surface area (Å²) in [6.07, 6.45) is -7.08. The number of nitrogens with zero attached hydrogens (tertiary/aromatic N) is 4. The van der Waals surface area contributed by atoms with Crippen LogP contribution in [0.5, 0.6) is 5.88 Å². The van der Waals surface area contributed by atoms with E-state index in [1.807, 2.05) is 12.1 Å². The third kappa shape index (κ3) is 8.07. The zero-order valence-corrected chi connectivity index (χ0v) is 23.9. The fraction of sp³-hybridized carbons (Fsp3) is 0.429. The van der Waals surface area contributed by atoms with E-state index >= 15 is 0 Å². The van der Waals surface area contributed by atoms with Crippen molar-refractivity contribution < 1.29 is 47.6 Å². The zero-order valence-electron chi connectivity index (χ0n) is 23.9. The summed E-state index contributed by atoms with van der Waals surface area (Å²) in [5.74, 6) is -3.23. The number of pyridine rings is 1. The van der Waals surface area contributed by atoms with Gasteiger partial charge in [-0.05, 0) is 26.0 Å². The Bertz CT molecular complexity index is 1410. The summed E-state index contributed by atoms with van der Waals surface area (Å²) >= 11 is 0. The summed E-state index contributed by atoms with van der Waals surface area (Å²) in [6, 6.07) is 11.0. The zero-order chi connectivity index (χ0) is 31.0. The smallest absolute Gasteiger partial charge is 0.303 e. The van der Waals surface area contributed by atoms with Crippen LogP contribution in [0.3, 0.4) is 0 Å². The molecular weight excluding hydrogens is 552 g/mol. The molecule has 0 bridgehead atoms. The van der Waals surface area contributed by atoms with Crippen LogP contribution in [-0.2, 0) is 42.9 Å². The molecule has 1 saturated heterocycles. The van der Waals surface area contributed by atoms with Crippen LogP contribution >= 0.6 is 0 Å². The van der Waals surface area contributed by atoms with Gasteiger partial charge in [-0.25, -0.2) is 4.98 Å². The lowest BCUT2D eigenvalue weighted by molar-refractivity contribution is -0.289. The highest BCUT2D eigenvalue weighted by Crippen LogP contribution is 2.35. The molecule has 1 fully saturated rings. The topological polar surface area (TPSA) is 185 Å². The van der Waals surface area contributed by atoms with Gasteiger partial charge in [-0.1, -0.05) is 18.2 Å². The first kappa shape index (κ1) is 31.6. The summed E-state index contributed by atoms with van der Waals surface area (Å²) in [5.41, 5.74) is 1.66. The van der Waals surface area contributed by atoms with Gasteiger partial charge in [-0.15, -0.1) is 5.11 Å². The van der Waals surface area contributed by atoms with E-state index in [1.54, 1.807) is 38.1 Å². The molecule has 0 radical (unpaired) electrons. The van der Waals surface area contributed by atoms with Gasteiger partial charge in [0.05, 0.1) is 11.4 Å². The highest BCUT2D eigenvalue weighted by atomic mass is 16.7. The maximum atomic E-state index is 12.1. The summed E-state index contributed by atoms with van der Waals surface area (Å²) in [6.45, 7) is 7.31. The maximum Gasteiger partial charge on any atom is 0.303 e. The lowest BCUT2D eigenvalue weighted by Crippen LogP contribution is -2.63. The molecule has 2 aromatic rings. The maximum absolute atomic E-state index is 12.1. The van der Waals surface area contributed by atoms with E-state index in [4.69, 9.17) is 28.4 Å². The van der Waals surface area contributed by atoms with E-state index < -0.39 is 61.2 Å². The van der Waals surface area contributed by atoms with Crippen LogP contribution in [0, 0.1) is 25.2 Å². The minimum absolute atomic E-state index is 0.0181. The number of azo groups is 1. The molecule has 0 spiro atoms. The van der Waals surface area contributed by atoms with Crippen molar-refractivity contribution in [2.75, 3.05) is 6.61 Å². The van der Waals surface area contributed by atoms with Crippen molar-refractivity contribution in [1.82, 2.24) is 4.98 Å². The minimum atomic E-state index is -1.55. The van der Waals surface area contributed by atoms with E-state index in [9.17, 15) is 24.4 Å². The van der Waals surface area contributed by atoms with Crippen LogP contribution in [0.15, 0.2) is 40.6 Å². The Balaban J connectivity index is 2.06. The normalized spacial score (nSPS) is 21.6. The van der Waals surface area contributed by atoms with Crippen molar-refractivity contribution in [2.45, 2.75) is 72.2 Å². The van der Waals surface area contributed by atoms with Crippen molar-refractivity contribution in [2.24, 2.45) is 10.2 Å². The van der Waals surface area contributed by atoms with E-state index in [2.05, 4.69) is 15.2 Å². The predicted molar refractivity (Wildman–Crippen MR) is 142 cm³/mol. The third-order valence-electron chi connectivity index (χ3n) is 5.87. The summed E-state index contributed by atoms with van der Waals surface area (Å²) in [7, 11) is 0. The molecule has 1 aromatic carbocycles. The van der Waals surface area contributed by atoms with Gasteiger partial charge in [0.15, 0.2) is 12.2 Å². The van der Waals surface area contributed by atoms with Gasteiger partial charge in [-0.3, -0.25) is 19.2 Å². The second-order valence-electron chi connectivity index (χ2n) is 9.18. The second-order valence-corrected chi connectivity index (χ2v) is 9.18. The SMILES string of the molecule is CC(=O)OC[C@H]1O[C@@H](Oc2nc(C)c(N=Nc3ccccc3)c(C)c2C#N)[C@H](OC(C)=O)[C@@H](OC(C)=O)[C@@H]1OC(C)=O. The number of nitriles is 1. The van der Waals surface area contributed by atoms with Gasteiger partial charge < -0.3 is 28.4 Å². The molecule has 0 aliphatic carbocycles. The highest BCUT2D eigenvalue weighted by Gasteiger charge is 2.53. The van der Waals surface area contributed by atoms with Crippen molar-refractivity contribution in [1.29, 1.82) is 5.26 Å². The number of carbonyl (C=O) groups is 4. The Morgan fingerprint density at radius 2 is 1.48 bits per heavy atom. The number of hydrogen-bond acceptors (Lipinski definition) is 14. The quantitative estimate of drug-likeness (QED) is 0.239. The van der Waals surface area contributed by atoms with E-state index in [0.29, 0.717) is 22.6 Å². The molecule has 14 nitrogen and oxygen atoms in total. The molecule has 3 rings (SSSR count). The number of hydrogen-bond donors (Lipinski definition) is 0. The molecule has 0 amide bonds. The standard InChI is InChI=1S/C28H30N4O10/c1-14-21(12-29)27(30-15(2)23(14)32-31-20-10-8-7-9-11-20)42-28-26(40-19(6)36)25(39-18(5)35)24(38-17(4)34)22(41-28)13-37-16(3)33/h7-11,22,24-26,28H,13H2,1-6H3/t22-,24-,25+,26-,28+/m1/s1. The van der Waals surface area contributed by atoms with Crippen LogP contribution in [0.25, 0.3) is 0 Å². The molecule has 14 heteroatoms. The van der Waals surface area contributed by atoms with Crippen molar-refractivity contribution in [3.05, 3.63) is 47.2 Å². The summed E-state index contributed by atoms with van der Waals surface area (Å²) in [5, 5.41) is 18.5. The number of aryl methyl sites for hydroxylation is 1. The Morgan fingerprint density at radius 1 is 0.881 bits per heavy atom.